The van der Waals surface area contributed by atoms with Gasteiger partial charge in [0.15, 0.2) is 5.04 Å². The molecule has 1 aliphatic carbocycles. The summed E-state index contributed by atoms with van der Waals surface area (Å²) < 4.78 is 21.0. The quantitative estimate of drug-likeness (QED) is 0.324. The zero-order chi connectivity index (χ0) is 13.4. The van der Waals surface area contributed by atoms with Gasteiger partial charge in [-0.05, 0) is 12.8 Å². The SMILES string of the molecule is CO[Si](OC)(OC)C12CCC=CC1C(=O)OC2=O. The highest BCUT2D eigenvalue weighted by Gasteiger charge is 2.74. The van der Waals surface area contributed by atoms with Gasteiger partial charge >= 0.3 is 20.7 Å². The molecular weight excluding hydrogens is 256 g/mol. The molecule has 0 radical (unpaired) electrons. The van der Waals surface area contributed by atoms with Crippen molar-refractivity contribution in [3.63, 3.8) is 0 Å². The van der Waals surface area contributed by atoms with Gasteiger partial charge in [-0.1, -0.05) is 12.2 Å². The second kappa shape index (κ2) is 4.58. The molecule has 0 bridgehead atoms. The molecule has 100 valence electrons. The van der Waals surface area contributed by atoms with Crippen molar-refractivity contribution in [2.75, 3.05) is 21.3 Å². The number of carbonyl (C=O) groups excluding carboxylic acids is 2. The molecule has 0 aromatic rings. The molecule has 0 aromatic heterocycles. The molecule has 0 aromatic carbocycles. The van der Waals surface area contributed by atoms with Gasteiger partial charge in [-0.15, -0.1) is 0 Å². The van der Waals surface area contributed by atoms with Gasteiger partial charge in [0.05, 0.1) is 5.92 Å². The summed E-state index contributed by atoms with van der Waals surface area (Å²) >= 11 is 0. The number of cyclic esters (lactones) is 2. The molecule has 1 fully saturated rings. The van der Waals surface area contributed by atoms with Crippen LogP contribution in [0.25, 0.3) is 0 Å². The molecule has 2 unspecified atom stereocenters. The Hall–Kier alpha value is -1.02. The number of rotatable bonds is 4. The van der Waals surface area contributed by atoms with E-state index in [1.807, 2.05) is 6.08 Å². The molecule has 0 amide bonds. The van der Waals surface area contributed by atoms with Gasteiger partial charge in [-0.2, -0.15) is 0 Å². The number of hydrogen-bond acceptors (Lipinski definition) is 6. The van der Waals surface area contributed by atoms with E-state index in [2.05, 4.69) is 0 Å². The molecule has 0 spiro atoms. The fourth-order valence-electron chi connectivity index (χ4n) is 2.88. The first-order valence-electron chi connectivity index (χ1n) is 5.66. The number of hydrogen-bond donors (Lipinski definition) is 0. The maximum absolute atomic E-state index is 12.2. The third-order valence-corrected chi connectivity index (χ3v) is 7.20. The first-order valence-corrected chi connectivity index (χ1v) is 7.38. The zero-order valence-corrected chi connectivity index (χ0v) is 11.6. The van der Waals surface area contributed by atoms with E-state index in [-0.39, 0.29) is 0 Å². The average molecular weight is 272 g/mol. The molecule has 0 saturated carbocycles. The molecule has 1 heterocycles. The van der Waals surface area contributed by atoms with Crippen LogP contribution in [0.5, 0.6) is 0 Å². The van der Waals surface area contributed by atoms with Crippen LogP contribution in [0, 0.1) is 5.92 Å². The van der Waals surface area contributed by atoms with Crippen molar-refractivity contribution < 1.29 is 27.6 Å². The topological polar surface area (TPSA) is 71.1 Å². The van der Waals surface area contributed by atoms with Gasteiger partial charge in [0, 0.05) is 21.3 Å². The summed E-state index contributed by atoms with van der Waals surface area (Å²) in [6.07, 6.45) is 4.64. The van der Waals surface area contributed by atoms with Gasteiger partial charge in [0.1, 0.15) is 0 Å². The minimum Gasteiger partial charge on any atom is -0.392 e. The summed E-state index contributed by atoms with van der Waals surface area (Å²) in [4.78, 5) is 24.0. The molecule has 0 N–H and O–H groups in total. The molecule has 1 aliphatic heterocycles. The Balaban J connectivity index is 2.58. The van der Waals surface area contributed by atoms with Crippen molar-refractivity contribution in [1.82, 2.24) is 0 Å². The molecule has 2 aliphatic rings. The predicted molar refractivity (Wildman–Crippen MR) is 62.4 cm³/mol. The number of ether oxygens (including phenoxy) is 1. The summed E-state index contributed by atoms with van der Waals surface area (Å²) in [7, 11) is 0.971. The summed E-state index contributed by atoms with van der Waals surface area (Å²) in [6, 6.07) is 0. The van der Waals surface area contributed by atoms with Gasteiger partial charge in [0.2, 0.25) is 0 Å². The second-order valence-corrected chi connectivity index (χ2v) is 7.52. The molecule has 7 heteroatoms. The zero-order valence-electron chi connectivity index (χ0n) is 10.6. The Morgan fingerprint density at radius 1 is 1.28 bits per heavy atom. The van der Waals surface area contributed by atoms with E-state index in [1.54, 1.807) is 6.08 Å². The maximum Gasteiger partial charge on any atom is 0.519 e. The minimum atomic E-state index is -3.32. The summed E-state index contributed by atoms with van der Waals surface area (Å²) in [6.45, 7) is 0. The van der Waals surface area contributed by atoms with Crippen LogP contribution in [-0.4, -0.2) is 42.1 Å². The summed E-state index contributed by atoms with van der Waals surface area (Å²) in [5, 5.41) is -1.14. The van der Waals surface area contributed by atoms with Crippen LogP contribution < -0.4 is 0 Å². The van der Waals surface area contributed by atoms with E-state index in [4.69, 9.17) is 18.0 Å². The second-order valence-electron chi connectivity index (χ2n) is 4.29. The Bertz CT molecular complexity index is 394. The average Bonchev–Trinajstić information content (AvgIpc) is 2.66. The van der Waals surface area contributed by atoms with Crippen LogP contribution in [0.3, 0.4) is 0 Å². The normalized spacial score (nSPS) is 31.4. The first-order chi connectivity index (χ1) is 8.58. The highest BCUT2D eigenvalue weighted by atomic mass is 28.4. The Kier molecular flexibility index (Phi) is 3.41. The lowest BCUT2D eigenvalue weighted by atomic mass is 9.85. The van der Waals surface area contributed by atoms with E-state index in [0.29, 0.717) is 12.8 Å². The Morgan fingerprint density at radius 3 is 2.44 bits per heavy atom. The largest absolute Gasteiger partial charge is 0.519 e. The van der Waals surface area contributed by atoms with Crippen molar-refractivity contribution in [3.05, 3.63) is 12.2 Å². The van der Waals surface area contributed by atoms with Crippen molar-refractivity contribution in [3.8, 4) is 0 Å². The predicted octanol–water partition coefficient (Wildman–Crippen LogP) is 0.654. The smallest absolute Gasteiger partial charge is 0.392 e. The lowest BCUT2D eigenvalue weighted by Crippen LogP contribution is -2.59. The van der Waals surface area contributed by atoms with Gasteiger partial charge in [-0.25, -0.2) is 0 Å². The van der Waals surface area contributed by atoms with Gasteiger partial charge in [-0.3, -0.25) is 9.59 Å². The van der Waals surface area contributed by atoms with Crippen molar-refractivity contribution in [1.29, 1.82) is 0 Å². The van der Waals surface area contributed by atoms with Crippen molar-refractivity contribution in [2.24, 2.45) is 5.92 Å². The molecule has 1 saturated heterocycles. The molecule has 2 rings (SSSR count). The first kappa shape index (κ1) is 13.4. The third-order valence-electron chi connectivity index (χ3n) is 3.73. The number of allylic oxidation sites excluding steroid dienone is 1. The third kappa shape index (κ3) is 1.45. The minimum absolute atomic E-state index is 0.431. The van der Waals surface area contributed by atoms with Crippen molar-refractivity contribution in [2.45, 2.75) is 17.9 Å². The number of esters is 2. The van der Waals surface area contributed by atoms with Crippen LogP contribution >= 0.6 is 0 Å². The molecule has 6 nitrogen and oxygen atoms in total. The van der Waals surface area contributed by atoms with Gasteiger partial charge in [0.25, 0.3) is 0 Å². The summed E-state index contributed by atoms with van der Waals surface area (Å²) in [5.74, 6) is -1.83. The van der Waals surface area contributed by atoms with Crippen LogP contribution in [0.15, 0.2) is 12.2 Å². The van der Waals surface area contributed by atoms with Crippen LogP contribution in [0.4, 0.5) is 0 Å². The lowest BCUT2D eigenvalue weighted by molar-refractivity contribution is -0.153. The standard InChI is InChI=1S/C11H16O6Si/c1-14-18(15-2,16-3)11-7-5-4-6-8(11)9(12)17-10(11)13/h4,6,8H,5,7H2,1-3H3. The lowest BCUT2D eigenvalue weighted by Gasteiger charge is -2.40. The maximum atomic E-state index is 12.2. The molecule has 2 atom stereocenters. The highest BCUT2D eigenvalue weighted by Crippen LogP contribution is 2.57. The van der Waals surface area contributed by atoms with E-state index >= 15 is 0 Å². The van der Waals surface area contributed by atoms with Gasteiger partial charge < -0.3 is 18.0 Å². The molecule has 18 heavy (non-hydrogen) atoms. The van der Waals surface area contributed by atoms with E-state index in [0.717, 1.165) is 0 Å². The fraction of sp³-hybridized carbons (Fsp3) is 0.636. The Labute approximate surface area is 106 Å². The van der Waals surface area contributed by atoms with Crippen LogP contribution in [-0.2, 0) is 27.6 Å². The van der Waals surface area contributed by atoms with E-state index in [1.165, 1.54) is 21.3 Å². The number of carbonyl (C=O) groups is 2. The summed E-state index contributed by atoms with van der Waals surface area (Å²) in [5.41, 5.74) is 0. The molecular formula is C11H16O6Si. The van der Waals surface area contributed by atoms with Crippen LogP contribution in [0.2, 0.25) is 5.04 Å². The van der Waals surface area contributed by atoms with Crippen LogP contribution in [0.1, 0.15) is 12.8 Å². The van der Waals surface area contributed by atoms with E-state index < -0.39 is 31.7 Å². The monoisotopic (exact) mass is 272 g/mol. The number of fused-ring (bicyclic) bond motifs is 1. The highest BCUT2D eigenvalue weighted by molar-refractivity contribution is 6.69. The van der Waals surface area contributed by atoms with Crippen molar-refractivity contribution >= 4 is 20.7 Å². The fourth-order valence-corrected chi connectivity index (χ4v) is 5.82. The van der Waals surface area contributed by atoms with E-state index in [9.17, 15) is 9.59 Å². The Morgan fingerprint density at radius 2 is 1.89 bits per heavy atom.